The number of H-pyrrole nitrogens is 1. The molecule has 1 aliphatic carbocycles. The largest absolute Gasteiger partial charge is 0.328 e. The lowest BCUT2D eigenvalue weighted by molar-refractivity contribution is 0.323. The summed E-state index contributed by atoms with van der Waals surface area (Å²) in [4.78, 5) is 4.16. The topological polar surface area (TPSA) is 67.6 Å². The third-order valence-electron chi connectivity index (χ3n) is 5.31. The van der Waals surface area contributed by atoms with Crippen molar-refractivity contribution in [1.82, 2.24) is 15.2 Å². The van der Waals surface area contributed by atoms with E-state index in [4.69, 9.17) is 17.3 Å². The zero-order chi connectivity index (χ0) is 17.9. The summed E-state index contributed by atoms with van der Waals surface area (Å²) in [6.07, 6.45) is 9.28. The Morgan fingerprint density at radius 1 is 0.962 bits per heavy atom. The molecule has 0 amide bonds. The van der Waals surface area contributed by atoms with Crippen LogP contribution in [-0.2, 0) is 6.42 Å². The molecule has 1 aliphatic rings. The van der Waals surface area contributed by atoms with Gasteiger partial charge in [-0.15, -0.1) is 0 Å². The quantitative estimate of drug-likeness (QED) is 0.693. The highest BCUT2D eigenvalue weighted by molar-refractivity contribution is 6.30. The zero-order valence-corrected chi connectivity index (χ0v) is 15.4. The number of rotatable bonds is 4. The molecule has 5 heteroatoms. The molecule has 1 aromatic carbocycles. The summed E-state index contributed by atoms with van der Waals surface area (Å²) in [6.45, 7) is 0. The lowest BCUT2D eigenvalue weighted by Crippen LogP contribution is -2.27. The van der Waals surface area contributed by atoms with Crippen LogP contribution in [0.5, 0.6) is 0 Å². The van der Waals surface area contributed by atoms with Crippen LogP contribution >= 0.6 is 11.6 Å². The van der Waals surface area contributed by atoms with Gasteiger partial charge in [-0.2, -0.15) is 5.10 Å². The second-order valence-corrected chi connectivity index (χ2v) is 7.59. The monoisotopic (exact) mass is 366 g/mol. The predicted molar refractivity (Wildman–Crippen MR) is 106 cm³/mol. The van der Waals surface area contributed by atoms with Gasteiger partial charge in [0.05, 0.1) is 0 Å². The van der Waals surface area contributed by atoms with E-state index in [2.05, 4.69) is 15.2 Å². The molecular weight excluding hydrogens is 344 g/mol. The molecule has 0 bridgehead atoms. The van der Waals surface area contributed by atoms with Crippen LogP contribution < -0.4 is 5.73 Å². The highest BCUT2D eigenvalue weighted by Crippen LogP contribution is 2.36. The van der Waals surface area contributed by atoms with Gasteiger partial charge in [-0.05, 0) is 67.9 Å². The zero-order valence-electron chi connectivity index (χ0n) is 14.7. The first kappa shape index (κ1) is 17.3. The molecule has 0 unspecified atom stereocenters. The van der Waals surface area contributed by atoms with Gasteiger partial charge in [0.15, 0.2) is 0 Å². The SMILES string of the molecule is NC1CCC(Cc2[nH]nc(-c3ccc(Cl)cc3)c2-c2ccncc2)CC1. The maximum atomic E-state index is 6.07. The number of pyridine rings is 1. The number of hydrogen-bond acceptors (Lipinski definition) is 3. The van der Waals surface area contributed by atoms with Crippen LogP contribution in [0.2, 0.25) is 5.02 Å². The van der Waals surface area contributed by atoms with Gasteiger partial charge in [0.25, 0.3) is 0 Å². The van der Waals surface area contributed by atoms with Crippen LogP contribution in [0.1, 0.15) is 31.4 Å². The number of nitrogens with zero attached hydrogens (tertiary/aromatic N) is 2. The lowest BCUT2D eigenvalue weighted by atomic mass is 9.82. The van der Waals surface area contributed by atoms with Crippen LogP contribution in [0.25, 0.3) is 22.4 Å². The predicted octanol–water partition coefficient (Wildman–Crippen LogP) is 4.85. The fourth-order valence-electron chi connectivity index (χ4n) is 3.85. The maximum absolute atomic E-state index is 6.07. The van der Waals surface area contributed by atoms with Gasteiger partial charge >= 0.3 is 0 Å². The van der Waals surface area contributed by atoms with Gasteiger partial charge in [0.2, 0.25) is 0 Å². The Hall–Kier alpha value is -2.17. The molecular formula is C21H23ClN4. The van der Waals surface area contributed by atoms with E-state index in [9.17, 15) is 0 Å². The number of aromatic amines is 1. The summed E-state index contributed by atoms with van der Waals surface area (Å²) < 4.78 is 0. The Balaban J connectivity index is 1.71. The van der Waals surface area contributed by atoms with Crippen LogP contribution in [0.3, 0.4) is 0 Å². The summed E-state index contributed by atoms with van der Waals surface area (Å²) in [7, 11) is 0. The molecule has 1 fully saturated rings. The smallest absolute Gasteiger partial charge is 0.100 e. The van der Waals surface area contributed by atoms with E-state index in [1.807, 2.05) is 48.8 Å². The molecule has 0 spiro atoms. The van der Waals surface area contributed by atoms with Crippen molar-refractivity contribution in [2.45, 2.75) is 38.1 Å². The van der Waals surface area contributed by atoms with E-state index >= 15 is 0 Å². The molecule has 4 nitrogen and oxygen atoms in total. The number of nitrogens with two attached hydrogens (primary N) is 1. The first-order chi connectivity index (χ1) is 12.7. The molecule has 4 rings (SSSR count). The highest BCUT2D eigenvalue weighted by Gasteiger charge is 2.23. The number of aromatic nitrogens is 3. The van der Waals surface area contributed by atoms with Crippen LogP contribution in [0, 0.1) is 5.92 Å². The van der Waals surface area contributed by atoms with Crippen LogP contribution in [-0.4, -0.2) is 21.2 Å². The summed E-state index contributed by atoms with van der Waals surface area (Å²) in [5.41, 5.74) is 11.6. The Labute approximate surface area is 158 Å². The number of halogens is 1. The summed E-state index contributed by atoms with van der Waals surface area (Å²) in [5.74, 6) is 0.661. The lowest BCUT2D eigenvalue weighted by Gasteiger charge is -2.25. The fourth-order valence-corrected chi connectivity index (χ4v) is 3.98. The van der Waals surface area contributed by atoms with Crippen LogP contribution in [0.15, 0.2) is 48.8 Å². The average molecular weight is 367 g/mol. The minimum atomic E-state index is 0.373. The molecule has 1 saturated carbocycles. The van der Waals surface area contributed by atoms with Crippen molar-refractivity contribution >= 4 is 11.6 Å². The molecule has 3 aromatic rings. The third kappa shape index (κ3) is 3.67. The molecule has 2 aromatic heterocycles. The highest BCUT2D eigenvalue weighted by atomic mass is 35.5. The molecule has 134 valence electrons. The number of hydrogen-bond donors (Lipinski definition) is 2. The van der Waals surface area contributed by atoms with E-state index < -0.39 is 0 Å². The summed E-state index contributed by atoms with van der Waals surface area (Å²) >= 11 is 6.06. The first-order valence-electron chi connectivity index (χ1n) is 9.20. The number of benzene rings is 1. The minimum absolute atomic E-state index is 0.373. The molecule has 2 heterocycles. The van der Waals surface area contributed by atoms with E-state index in [0.29, 0.717) is 12.0 Å². The Bertz CT molecular complexity index is 849. The van der Waals surface area contributed by atoms with E-state index in [0.717, 1.165) is 41.1 Å². The summed E-state index contributed by atoms with van der Waals surface area (Å²) in [5, 5.41) is 8.70. The Morgan fingerprint density at radius 2 is 1.65 bits per heavy atom. The van der Waals surface area contributed by atoms with Crippen LogP contribution in [0.4, 0.5) is 0 Å². The summed E-state index contributed by atoms with van der Waals surface area (Å²) in [6, 6.07) is 12.3. The van der Waals surface area contributed by atoms with Gasteiger partial charge in [0, 0.05) is 40.3 Å². The normalized spacial score (nSPS) is 20.2. The van der Waals surface area contributed by atoms with Gasteiger partial charge in [-0.3, -0.25) is 10.1 Å². The van der Waals surface area contributed by atoms with E-state index in [1.165, 1.54) is 24.1 Å². The molecule has 0 aliphatic heterocycles. The molecule has 0 saturated heterocycles. The second-order valence-electron chi connectivity index (χ2n) is 7.15. The maximum Gasteiger partial charge on any atom is 0.100 e. The van der Waals surface area contributed by atoms with Crippen molar-refractivity contribution in [3.05, 3.63) is 59.5 Å². The van der Waals surface area contributed by atoms with Gasteiger partial charge in [-0.25, -0.2) is 0 Å². The second kappa shape index (κ2) is 7.60. The standard InChI is InChI=1S/C21H23ClN4/c22-17-5-3-16(4-6-17)21-20(15-9-11-24-12-10-15)19(25-26-21)13-14-1-7-18(23)8-2-14/h3-6,9-12,14,18H,1-2,7-8,13,23H2,(H,25,26). The molecule has 3 N–H and O–H groups in total. The average Bonchev–Trinajstić information content (AvgIpc) is 3.08. The van der Waals surface area contributed by atoms with E-state index in [-0.39, 0.29) is 0 Å². The van der Waals surface area contributed by atoms with Gasteiger partial charge in [-0.1, -0.05) is 23.7 Å². The Morgan fingerprint density at radius 3 is 2.35 bits per heavy atom. The third-order valence-corrected chi connectivity index (χ3v) is 5.56. The van der Waals surface area contributed by atoms with Gasteiger partial charge < -0.3 is 5.73 Å². The number of nitrogens with one attached hydrogen (secondary N) is 1. The molecule has 26 heavy (non-hydrogen) atoms. The van der Waals surface area contributed by atoms with Crippen molar-refractivity contribution in [2.75, 3.05) is 0 Å². The van der Waals surface area contributed by atoms with Crippen molar-refractivity contribution in [2.24, 2.45) is 11.7 Å². The van der Waals surface area contributed by atoms with Crippen molar-refractivity contribution < 1.29 is 0 Å². The van der Waals surface area contributed by atoms with Crippen molar-refractivity contribution in [3.8, 4) is 22.4 Å². The minimum Gasteiger partial charge on any atom is -0.328 e. The van der Waals surface area contributed by atoms with Gasteiger partial charge in [0.1, 0.15) is 5.69 Å². The molecule has 0 radical (unpaired) electrons. The van der Waals surface area contributed by atoms with Crippen molar-refractivity contribution in [3.63, 3.8) is 0 Å². The first-order valence-corrected chi connectivity index (χ1v) is 9.57. The van der Waals surface area contributed by atoms with E-state index in [1.54, 1.807) is 0 Å². The Kier molecular flexibility index (Phi) is 5.05. The fraction of sp³-hybridized carbons (Fsp3) is 0.333. The molecule has 0 atom stereocenters. The van der Waals surface area contributed by atoms with Crippen molar-refractivity contribution in [1.29, 1.82) is 0 Å².